The molecule has 0 aliphatic rings. The van der Waals surface area contributed by atoms with E-state index in [4.69, 9.17) is 15.3 Å². The van der Waals surface area contributed by atoms with Crippen LogP contribution in [-0.2, 0) is 9.59 Å². The second-order valence-electron chi connectivity index (χ2n) is 4.64. The number of amides is 1. The maximum absolute atomic E-state index is 13.1. The van der Waals surface area contributed by atoms with Gasteiger partial charge in [-0.25, -0.2) is 13.9 Å². The zero-order valence-electron chi connectivity index (χ0n) is 12.7. The number of fused-ring (bicyclic) bond motifs is 1. The molecular formula is C15H14FN5O3. The Morgan fingerprint density at radius 3 is 2.54 bits per heavy atom. The van der Waals surface area contributed by atoms with Gasteiger partial charge in [-0.05, 0) is 31.2 Å². The van der Waals surface area contributed by atoms with E-state index < -0.39 is 5.91 Å². The molecule has 3 rings (SSSR count). The summed E-state index contributed by atoms with van der Waals surface area (Å²) in [6.45, 7) is 2.62. The first-order chi connectivity index (χ1) is 11.5. The Bertz CT molecular complexity index is 892. The number of aromatic amines is 1. The lowest BCUT2D eigenvalue weighted by Gasteiger charge is -2.05. The number of carbonyl (C=O) groups is 1. The average Bonchev–Trinajstić information content (AvgIpc) is 3.09. The van der Waals surface area contributed by atoms with E-state index in [1.807, 2.05) is 6.92 Å². The number of nitrogens with zero attached hydrogens (tertiary/aromatic N) is 2. The SMILES string of the molecule is CCNc1c(-c2ccc(F)cc2)nc2c(C(N)=O)c[nH]n12.O=C=O. The highest BCUT2D eigenvalue weighted by molar-refractivity contribution is 5.99. The third-order valence-corrected chi connectivity index (χ3v) is 3.18. The predicted molar refractivity (Wildman–Crippen MR) is 82.6 cm³/mol. The van der Waals surface area contributed by atoms with Crippen molar-refractivity contribution >= 4 is 23.5 Å². The first-order valence-electron chi connectivity index (χ1n) is 6.92. The van der Waals surface area contributed by atoms with Crippen molar-refractivity contribution in [3.8, 4) is 11.3 Å². The van der Waals surface area contributed by atoms with E-state index in [0.717, 1.165) is 5.56 Å². The fourth-order valence-corrected chi connectivity index (χ4v) is 2.24. The van der Waals surface area contributed by atoms with Gasteiger partial charge in [-0.3, -0.25) is 9.89 Å². The summed E-state index contributed by atoms with van der Waals surface area (Å²) in [5.41, 5.74) is 7.46. The fourth-order valence-electron chi connectivity index (χ4n) is 2.24. The topological polar surface area (TPSA) is 122 Å². The maximum Gasteiger partial charge on any atom is 0.373 e. The Morgan fingerprint density at radius 1 is 1.38 bits per heavy atom. The van der Waals surface area contributed by atoms with E-state index in [-0.39, 0.29) is 12.0 Å². The smallest absolute Gasteiger partial charge is 0.368 e. The number of hydrogen-bond donors (Lipinski definition) is 3. The van der Waals surface area contributed by atoms with E-state index in [0.29, 0.717) is 29.3 Å². The third-order valence-electron chi connectivity index (χ3n) is 3.18. The Morgan fingerprint density at radius 2 is 2.00 bits per heavy atom. The molecule has 0 saturated heterocycles. The summed E-state index contributed by atoms with van der Waals surface area (Å²) in [6.07, 6.45) is 1.76. The Kier molecular flexibility index (Phi) is 5.08. The van der Waals surface area contributed by atoms with Crippen LogP contribution in [0, 0.1) is 5.82 Å². The molecule has 3 aromatic rings. The number of anilines is 1. The molecule has 1 aromatic carbocycles. The first kappa shape index (κ1) is 16.9. The summed E-state index contributed by atoms with van der Waals surface area (Å²) in [7, 11) is 0. The molecule has 2 aromatic heterocycles. The average molecular weight is 331 g/mol. The number of benzene rings is 1. The van der Waals surface area contributed by atoms with Gasteiger partial charge in [-0.2, -0.15) is 9.59 Å². The van der Waals surface area contributed by atoms with Crippen LogP contribution in [-0.4, -0.2) is 33.2 Å². The van der Waals surface area contributed by atoms with Gasteiger partial charge >= 0.3 is 6.15 Å². The van der Waals surface area contributed by atoms with Gasteiger partial charge in [0, 0.05) is 18.3 Å². The number of primary amides is 1. The highest BCUT2D eigenvalue weighted by Gasteiger charge is 2.19. The Labute approximate surface area is 135 Å². The van der Waals surface area contributed by atoms with E-state index >= 15 is 0 Å². The van der Waals surface area contributed by atoms with Gasteiger partial charge in [0.15, 0.2) is 11.5 Å². The van der Waals surface area contributed by atoms with E-state index in [1.165, 1.54) is 18.3 Å². The van der Waals surface area contributed by atoms with Crippen molar-refractivity contribution in [1.82, 2.24) is 14.6 Å². The molecule has 4 N–H and O–H groups in total. The largest absolute Gasteiger partial charge is 0.373 e. The quantitative estimate of drug-likeness (QED) is 0.667. The molecule has 124 valence electrons. The zero-order valence-corrected chi connectivity index (χ0v) is 12.7. The van der Waals surface area contributed by atoms with Crippen molar-refractivity contribution in [2.45, 2.75) is 6.92 Å². The monoisotopic (exact) mass is 331 g/mol. The predicted octanol–water partition coefficient (Wildman–Crippen LogP) is 1.42. The Balaban J connectivity index is 0.000000647. The van der Waals surface area contributed by atoms with Crippen LogP contribution in [0.4, 0.5) is 10.2 Å². The molecule has 9 heteroatoms. The minimum Gasteiger partial charge on any atom is -0.368 e. The molecule has 8 nitrogen and oxygen atoms in total. The van der Waals surface area contributed by atoms with Crippen LogP contribution in [0.2, 0.25) is 0 Å². The lowest BCUT2D eigenvalue weighted by atomic mass is 10.1. The van der Waals surface area contributed by atoms with Crippen molar-refractivity contribution in [2.24, 2.45) is 5.73 Å². The highest BCUT2D eigenvalue weighted by Crippen LogP contribution is 2.29. The maximum atomic E-state index is 13.1. The second kappa shape index (κ2) is 7.21. The van der Waals surface area contributed by atoms with Gasteiger partial charge in [0.1, 0.15) is 17.1 Å². The van der Waals surface area contributed by atoms with E-state index in [2.05, 4.69) is 15.4 Å². The van der Waals surface area contributed by atoms with Crippen LogP contribution in [0.3, 0.4) is 0 Å². The number of H-pyrrole nitrogens is 1. The molecular weight excluding hydrogens is 317 g/mol. The third kappa shape index (κ3) is 3.16. The summed E-state index contributed by atoms with van der Waals surface area (Å²) >= 11 is 0. The number of aromatic nitrogens is 3. The van der Waals surface area contributed by atoms with Crippen molar-refractivity contribution in [1.29, 1.82) is 0 Å². The highest BCUT2D eigenvalue weighted by atomic mass is 19.1. The van der Waals surface area contributed by atoms with Crippen molar-refractivity contribution in [3.63, 3.8) is 0 Å². The van der Waals surface area contributed by atoms with Crippen LogP contribution in [0.15, 0.2) is 30.5 Å². The normalized spacial score (nSPS) is 9.92. The number of halogens is 1. The number of nitrogens with two attached hydrogens (primary N) is 1. The molecule has 0 bridgehead atoms. The molecule has 1 amide bonds. The molecule has 0 aliphatic carbocycles. The number of carbonyl (C=O) groups excluding carboxylic acids is 3. The minimum absolute atomic E-state index is 0.250. The lowest BCUT2D eigenvalue weighted by Crippen LogP contribution is -2.10. The van der Waals surface area contributed by atoms with Crippen LogP contribution in [0.1, 0.15) is 17.3 Å². The molecule has 0 fully saturated rings. The summed E-state index contributed by atoms with van der Waals surface area (Å²) in [5.74, 6) is -0.169. The van der Waals surface area contributed by atoms with Gasteiger partial charge in [0.25, 0.3) is 5.91 Å². The van der Waals surface area contributed by atoms with Gasteiger partial charge in [0.2, 0.25) is 0 Å². The van der Waals surface area contributed by atoms with E-state index in [1.54, 1.807) is 16.6 Å². The van der Waals surface area contributed by atoms with Gasteiger partial charge in [0.05, 0.1) is 0 Å². The standard InChI is InChI=1S/C14H14FN5O.CO2/c1-2-17-14-11(8-3-5-9(15)6-4-8)19-13-10(12(16)21)7-18-20(13)14;2-1-3/h3-7,17-18H,2H2,1H3,(H2,16,21);. The lowest BCUT2D eigenvalue weighted by molar-refractivity contribution is -0.191. The van der Waals surface area contributed by atoms with E-state index in [9.17, 15) is 9.18 Å². The molecule has 0 atom stereocenters. The summed E-state index contributed by atoms with van der Waals surface area (Å²) < 4.78 is 14.7. The van der Waals surface area contributed by atoms with Gasteiger partial charge in [-0.15, -0.1) is 0 Å². The van der Waals surface area contributed by atoms with Crippen molar-refractivity contribution < 1.29 is 18.8 Å². The molecule has 2 heterocycles. The summed E-state index contributed by atoms with van der Waals surface area (Å²) in [6, 6.07) is 6.02. The van der Waals surface area contributed by atoms with Crippen LogP contribution in [0.25, 0.3) is 16.9 Å². The number of nitrogens with one attached hydrogen (secondary N) is 2. The van der Waals surface area contributed by atoms with Gasteiger partial charge in [-0.1, -0.05) is 0 Å². The molecule has 0 radical (unpaired) electrons. The number of rotatable bonds is 4. The molecule has 0 saturated carbocycles. The van der Waals surface area contributed by atoms with Crippen molar-refractivity contribution in [3.05, 3.63) is 41.8 Å². The van der Waals surface area contributed by atoms with Gasteiger partial charge < -0.3 is 11.1 Å². The van der Waals surface area contributed by atoms with Crippen LogP contribution < -0.4 is 11.1 Å². The summed E-state index contributed by atoms with van der Waals surface area (Å²) in [4.78, 5) is 32.1. The fraction of sp³-hybridized carbons (Fsp3) is 0.133. The second-order valence-corrected chi connectivity index (χ2v) is 4.64. The van der Waals surface area contributed by atoms with Crippen molar-refractivity contribution in [2.75, 3.05) is 11.9 Å². The number of hydrogen-bond acceptors (Lipinski definition) is 5. The first-order valence-corrected chi connectivity index (χ1v) is 6.92. The minimum atomic E-state index is -0.556. The molecule has 0 aliphatic heterocycles. The summed E-state index contributed by atoms with van der Waals surface area (Å²) in [5, 5.41) is 6.13. The molecule has 0 spiro atoms. The molecule has 24 heavy (non-hydrogen) atoms. The zero-order chi connectivity index (χ0) is 17.7. The van der Waals surface area contributed by atoms with Crippen LogP contribution in [0.5, 0.6) is 0 Å². The molecule has 0 unspecified atom stereocenters. The number of imidazole rings is 1. The Hall–Kier alpha value is -3.45. The van der Waals surface area contributed by atoms with Crippen LogP contribution >= 0.6 is 0 Å².